The first-order valence-electron chi connectivity index (χ1n) is 7.23. The number of benzene rings is 1. The van der Waals surface area contributed by atoms with E-state index in [0.29, 0.717) is 5.92 Å². The fraction of sp³-hybridized carbons (Fsp3) is 0.500. The zero-order valence-electron chi connectivity index (χ0n) is 12.0. The van der Waals surface area contributed by atoms with Gasteiger partial charge >= 0.3 is 0 Å². The van der Waals surface area contributed by atoms with Crippen LogP contribution in [0.4, 0.5) is 0 Å². The molecule has 3 heteroatoms. The number of H-pyrrole nitrogens is 1. The monoisotopic (exact) mass is 259 g/mol. The molecule has 2 aromatic rings. The lowest BCUT2D eigenvalue weighted by atomic mass is 10.1. The van der Waals surface area contributed by atoms with Crippen LogP contribution in [0.25, 0.3) is 10.9 Å². The maximum Gasteiger partial charge on any atom is 0.0458 e. The van der Waals surface area contributed by atoms with Crippen LogP contribution in [0.5, 0.6) is 0 Å². The minimum atomic E-state index is 0.601. The number of nitrogens with one attached hydrogen (secondary N) is 2. The van der Waals surface area contributed by atoms with E-state index in [0.717, 1.165) is 32.5 Å². The average Bonchev–Trinajstić information content (AvgIpc) is 2.75. The molecule has 0 aliphatic rings. The summed E-state index contributed by atoms with van der Waals surface area (Å²) in [6.45, 7) is 7.16. The van der Waals surface area contributed by atoms with Crippen LogP contribution in [-0.2, 0) is 6.42 Å². The lowest BCUT2D eigenvalue weighted by Crippen LogP contribution is -2.29. The van der Waals surface area contributed by atoms with Crippen molar-refractivity contribution in [3.63, 3.8) is 0 Å². The van der Waals surface area contributed by atoms with E-state index < -0.39 is 0 Å². The molecule has 1 aromatic heterocycles. The minimum Gasteiger partial charge on any atom is -0.358 e. The SMILES string of the molecule is CCC(CN)CNCCc1c(C)[nH]c2ccccc12. The average molecular weight is 259 g/mol. The molecule has 0 bridgehead atoms. The van der Waals surface area contributed by atoms with Gasteiger partial charge in [-0.2, -0.15) is 0 Å². The van der Waals surface area contributed by atoms with Gasteiger partial charge in [-0.3, -0.25) is 0 Å². The predicted molar refractivity (Wildman–Crippen MR) is 82.4 cm³/mol. The predicted octanol–water partition coefficient (Wildman–Crippen LogP) is 2.59. The number of aromatic amines is 1. The highest BCUT2D eigenvalue weighted by molar-refractivity contribution is 5.84. The lowest BCUT2D eigenvalue weighted by molar-refractivity contribution is 0.474. The second kappa shape index (κ2) is 6.73. The fourth-order valence-corrected chi connectivity index (χ4v) is 2.57. The third-order valence-electron chi connectivity index (χ3n) is 3.92. The largest absolute Gasteiger partial charge is 0.358 e. The topological polar surface area (TPSA) is 53.8 Å². The molecule has 3 nitrogen and oxygen atoms in total. The summed E-state index contributed by atoms with van der Waals surface area (Å²) in [5.74, 6) is 0.601. The van der Waals surface area contributed by atoms with Gasteiger partial charge in [0.2, 0.25) is 0 Å². The maximum atomic E-state index is 5.71. The zero-order chi connectivity index (χ0) is 13.7. The van der Waals surface area contributed by atoms with Crippen molar-refractivity contribution in [1.29, 1.82) is 0 Å². The molecule has 0 aliphatic carbocycles. The molecule has 1 heterocycles. The Morgan fingerprint density at radius 1 is 1.32 bits per heavy atom. The van der Waals surface area contributed by atoms with Crippen molar-refractivity contribution in [3.05, 3.63) is 35.5 Å². The van der Waals surface area contributed by atoms with E-state index in [2.05, 4.69) is 48.4 Å². The number of hydrogen-bond donors (Lipinski definition) is 3. The number of para-hydroxylation sites is 1. The quantitative estimate of drug-likeness (QED) is 0.669. The first-order valence-corrected chi connectivity index (χ1v) is 7.23. The third-order valence-corrected chi connectivity index (χ3v) is 3.92. The Morgan fingerprint density at radius 2 is 2.11 bits per heavy atom. The van der Waals surface area contributed by atoms with Crippen LogP contribution in [0.2, 0.25) is 0 Å². The van der Waals surface area contributed by atoms with Crippen LogP contribution >= 0.6 is 0 Å². The molecular formula is C16H25N3. The summed E-state index contributed by atoms with van der Waals surface area (Å²) in [5, 5.41) is 4.88. The van der Waals surface area contributed by atoms with E-state index in [9.17, 15) is 0 Å². The molecule has 0 aliphatic heterocycles. The lowest BCUT2D eigenvalue weighted by Gasteiger charge is -2.13. The molecule has 1 atom stereocenters. The molecule has 0 fully saturated rings. The minimum absolute atomic E-state index is 0.601. The summed E-state index contributed by atoms with van der Waals surface area (Å²) in [6, 6.07) is 8.52. The summed E-state index contributed by atoms with van der Waals surface area (Å²) in [7, 11) is 0. The number of aryl methyl sites for hydroxylation is 1. The Labute approximate surface area is 115 Å². The summed E-state index contributed by atoms with van der Waals surface area (Å²) < 4.78 is 0. The zero-order valence-corrected chi connectivity index (χ0v) is 12.0. The van der Waals surface area contributed by atoms with Gasteiger partial charge in [0.05, 0.1) is 0 Å². The van der Waals surface area contributed by atoms with Crippen molar-refractivity contribution in [3.8, 4) is 0 Å². The standard InChI is InChI=1S/C16H25N3/c1-3-13(10-17)11-18-9-8-14-12(2)19-16-7-5-4-6-15(14)16/h4-7,13,18-19H,3,8-11,17H2,1-2H3. The van der Waals surface area contributed by atoms with Gasteiger partial charge in [0.15, 0.2) is 0 Å². The van der Waals surface area contributed by atoms with Crippen molar-refractivity contribution < 1.29 is 0 Å². The van der Waals surface area contributed by atoms with Crippen LogP contribution in [0.1, 0.15) is 24.6 Å². The van der Waals surface area contributed by atoms with E-state index in [1.54, 1.807) is 0 Å². The Bertz CT molecular complexity index is 512. The first kappa shape index (κ1) is 14.1. The molecule has 104 valence electrons. The molecule has 0 spiro atoms. The maximum absolute atomic E-state index is 5.71. The van der Waals surface area contributed by atoms with Gasteiger partial charge in [-0.15, -0.1) is 0 Å². The van der Waals surface area contributed by atoms with E-state index in [1.807, 2.05) is 0 Å². The van der Waals surface area contributed by atoms with Crippen molar-refractivity contribution in [2.24, 2.45) is 11.7 Å². The molecule has 1 unspecified atom stereocenters. The smallest absolute Gasteiger partial charge is 0.0458 e. The molecule has 0 amide bonds. The van der Waals surface area contributed by atoms with Gasteiger partial charge in [-0.25, -0.2) is 0 Å². The molecular weight excluding hydrogens is 234 g/mol. The highest BCUT2D eigenvalue weighted by atomic mass is 14.9. The Balaban J connectivity index is 1.93. The molecule has 0 saturated carbocycles. The van der Waals surface area contributed by atoms with Gasteiger partial charge in [0.25, 0.3) is 0 Å². The van der Waals surface area contributed by atoms with E-state index in [1.165, 1.54) is 22.2 Å². The Hall–Kier alpha value is -1.32. The normalized spacial score (nSPS) is 13.0. The summed E-state index contributed by atoms with van der Waals surface area (Å²) >= 11 is 0. The second-order valence-electron chi connectivity index (χ2n) is 5.24. The van der Waals surface area contributed by atoms with Gasteiger partial charge in [0, 0.05) is 16.6 Å². The molecule has 1 aromatic carbocycles. The van der Waals surface area contributed by atoms with Gasteiger partial charge < -0.3 is 16.0 Å². The second-order valence-corrected chi connectivity index (χ2v) is 5.24. The fourth-order valence-electron chi connectivity index (χ4n) is 2.57. The van der Waals surface area contributed by atoms with Crippen LogP contribution in [-0.4, -0.2) is 24.6 Å². The van der Waals surface area contributed by atoms with E-state index in [-0.39, 0.29) is 0 Å². The van der Waals surface area contributed by atoms with E-state index >= 15 is 0 Å². The van der Waals surface area contributed by atoms with Gasteiger partial charge in [0.1, 0.15) is 0 Å². The Kier molecular flexibility index (Phi) is 5.00. The molecule has 0 saturated heterocycles. The third kappa shape index (κ3) is 3.37. The number of hydrogen-bond acceptors (Lipinski definition) is 2. The van der Waals surface area contributed by atoms with E-state index in [4.69, 9.17) is 5.73 Å². The van der Waals surface area contributed by atoms with Crippen molar-refractivity contribution in [1.82, 2.24) is 10.3 Å². The van der Waals surface area contributed by atoms with Crippen LogP contribution in [0.3, 0.4) is 0 Å². The highest BCUT2D eigenvalue weighted by Gasteiger charge is 2.08. The van der Waals surface area contributed by atoms with Crippen molar-refractivity contribution in [2.45, 2.75) is 26.7 Å². The Morgan fingerprint density at radius 3 is 2.84 bits per heavy atom. The number of nitrogens with two attached hydrogens (primary N) is 1. The summed E-state index contributed by atoms with van der Waals surface area (Å²) in [5.41, 5.74) is 9.67. The van der Waals surface area contributed by atoms with Gasteiger partial charge in [-0.1, -0.05) is 31.5 Å². The highest BCUT2D eigenvalue weighted by Crippen LogP contribution is 2.21. The van der Waals surface area contributed by atoms with Crippen LogP contribution < -0.4 is 11.1 Å². The molecule has 19 heavy (non-hydrogen) atoms. The van der Waals surface area contributed by atoms with Crippen molar-refractivity contribution >= 4 is 10.9 Å². The molecule has 4 N–H and O–H groups in total. The molecule has 2 rings (SSSR count). The first-order chi connectivity index (χ1) is 9.26. The summed E-state index contributed by atoms with van der Waals surface area (Å²) in [4.78, 5) is 3.45. The summed E-state index contributed by atoms with van der Waals surface area (Å²) in [6.07, 6.45) is 2.21. The number of rotatable bonds is 7. The van der Waals surface area contributed by atoms with Crippen LogP contribution in [0.15, 0.2) is 24.3 Å². The number of aromatic nitrogens is 1. The van der Waals surface area contributed by atoms with Crippen molar-refractivity contribution in [2.75, 3.05) is 19.6 Å². The van der Waals surface area contributed by atoms with Crippen LogP contribution in [0, 0.1) is 12.8 Å². The molecule has 0 radical (unpaired) electrons. The number of fused-ring (bicyclic) bond motifs is 1. The van der Waals surface area contributed by atoms with Gasteiger partial charge in [-0.05, 0) is 50.5 Å².